The van der Waals surface area contributed by atoms with Gasteiger partial charge in [0.1, 0.15) is 54.1 Å². The summed E-state index contributed by atoms with van der Waals surface area (Å²) < 4.78 is 0. The Balaban J connectivity index is 1.87. The zero-order valence-electron chi connectivity index (χ0n) is 46.4. The molecule has 1 aromatic carbocycles. The fourth-order valence-corrected chi connectivity index (χ4v) is 9.58. The summed E-state index contributed by atoms with van der Waals surface area (Å²) in [6.07, 6.45) is -0.722. The number of carbonyl (C=O) groups is 11. The first-order valence-electron chi connectivity index (χ1n) is 26.8. The Morgan fingerprint density at radius 1 is 0.691 bits per heavy atom. The molecule has 2 heterocycles. The van der Waals surface area contributed by atoms with Crippen LogP contribution in [-0.4, -0.2) is 206 Å². The van der Waals surface area contributed by atoms with Crippen LogP contribution in [0.2, 0.25) is 0 Å². The Labute approximate surface area is 474 Å². The summed E-state index contributed by atoms with van der Waals surface area (Å²) in [5, 5.41) is 58.1. The molecule has 29 nitrogen and oxygen atoms in total. The van der Waals surface area contributed by atoms with E-state index >= 15 is 0 Å². The molecule has 1 aromatic rings. The van der Waals surface area contributed by atoms with E-state index in [9.17, 15) is 73.2 Å². The molecule has 0 bridgehead atoms. The molecule has 452 valence electrons. The number of guanidine groups is 1. The average molecular weight is 1160 g/mol. The maximum atomic E-state index is 14.7. The molecule has 0 saturated carbocycles. The van der Waals surface area contributed by atoms with Crippen LogP contribution in [-0.2, 0) is 59.2 Å². The lowest BCUT2D eigenvalue weighted by Crippen LogP contribution is -2.61. The number of primary amides is 1. The van der Waals surface area contributed by atoms with Gasteiger partial charge in [-0.05, 0) is 107 Å². The van der Waals surface area contributed by atoms with Crippen LogP contribution < -0.4 is 60.2 Å². The van der Waals surface area contributed by atoms with Crippen molar-refractivity contribution in [3.63, 3.8) is 0 Å². The highest BCUT2D eigenvalue weighted by Gasteiger charge is 2.45. The number of benzene rings is 1. The summed E-state index contributed by atoms with van der Waals surface area (Å²) in [5.74, 6) is -9.68. The number of aliphatic hydroxyl groups is 2. The van der Waals surface area contributed by atoms with E-state index in [0.29, 0.717) is 24.2 Å². The maximum absolute atomic E-state index is 14.7. The number of aliphatic imine (C=N–C) groups is 1. The van der Waals surface area contributed by atoms with Crippen molar-refractivity contribution in [2.45, 2.75) is 165 Å². The maximum Gasteiger partial charge on any atom is 0.326 e. The number of hydrogen-bond donors (Lipinski definition) is 15. The number of carbonyl (C=O) groups excluding carboxylic acids is 10. The summed E-state index contributed by atoms with van der Waals surface area (Å²) in [4.78, 5) is 154. The van der Waals surface area contributed by atoms with E-state index in [2.05, 4.69) is 42.2 Å². The molecule has 0 aromatic heterocycles. The van der Waals surface area contributed by atoms with Crippen molar-refractivity contribution in [2.75, 3.05) is 38.2 Å². The van der Waals surface area contributed by atoms with Gasteiger partial charge in [-0.2, -0.15) is 11.8 Å². The molecule has 11 atom stereocenters. The summed E-state index contributed by atoms with van der Waals surface area (Å²) in [7, 11) is 0. The van der Waals surface area contributed by atoms with Crippen molar-refractivity contribution in [1.29, 1.82) is 0 Å². The predicted molar refractivity (Wildman–Crippen MR) is 296 cm³/mol. The molecule has 2 aliphatic heterocycles. The predicted octanol–water partition coefficient (Wildman–Crippen LogP) is -4.77. The number of carboxylic acid groups (broad SMARTS) is 1. The quantitative estimate of drug-likeness (QED) is 0.0178. The van der Waals surface area contributed by atoms with Gasteiger partial charge in [-0.25, -0.2) is 4.79 Å². The molecular formula is C51H82N14O15S. The normalized spacial score (nSPS) is 18.3. The first-order chi connectivity index (χ1) is 38.1. The Morgan fingerprint density at radius 2 is 1.26 bits per heavy atom. The van der Waals surface area contributed by atoms with Crippen LogP contribution in [0.25, 0.3) is 0 Å². The van der Waals surface area contributed by atoms with Gasteiger partial charge in [-0.3, -0.25) is 52.9 Å². The second kappa shape index (κ2) is 33.4. The molecule has 3 rings (SSSR count). The Morgan fingerprint density at radius 3 is 1.83 bits per heavy atom. The molecule has 30 heteroatoms. The number of nitrogens with one attached hydrogen (secondary N) is 7. The Hall–Kier alpha value is -7.31. The molecule has 0 aliphatic carbocycles. The van der Waals surface area contributed by atoms with E-state index in [4.69, 9.17) is 22.9 Å². The number of nitrogens with zero attached hydrogens (tertiary/aromatic N) is 3. The van der Waals surface area contributed by atoms with Gasteiger partial charge < -0.3 is 90.4 Å². The molecular weight excluding hydrogens is 1080 g/mol. The number of phenolic OH excluding ortho intramolecular Hbond substituents is 1. The van der Waals surface area contributed by atoms with Crippen molar-refractivity contribution in [1.82, 2.24) is 47.0 Å². The van der Waals surface area contributed by atoms with Gasteiger partial charge in [-0.1, -0.05) is 26.0 Å². The summed E-state index contributed by atoms with van der Waals surface area (Å²) in [5.41, 5.74) is 22.7. The van der Waals surface area contributed by atoms with Gasteiger partial charge in [0.2, 0.25) is 59.1 Å². The van der Waals surface area contributed by atoms with Gasteiger partial charge in [-0.15, -0.1) is 0 Å². The molecule has 19 N–H and O–H groups in total. The van der Waals surface area contributed by atoms with Crippen LogP contribution in [0.4, 0.5) is 0 Å². The Kier molecular flexibility index (Phi) is 28.1. The molecule has 2 aliphatic rings. The number of aromatic hydroxyl groups is 1. The number of carboxylic acids is 1. The number of rotatable bonds is 33. The highest BCUT2D eigenvalue weighted by molar-refractivity contribution is 7.98. The summed E-state index contributed by atoms with van der Waals surface area (Å²) in [6, 6.07) is -6.63. The van der Waals surface area contributed by atoms with E-state index < -0.39 is 138 Å². The lowest BCUT2D eigenvalue weighted by atomic mass is 10.0. The first-order valence-corrected chi connectivity index (χ1v) is 28.2. The number of likely N-dealkylation sites (tertiary alicyclic amines) is 2. The number of aliphatic hydroxyl groups excluding tert-OH is 2. The molecule has 0 unspecified atom stereocenters. The van der Waals surface area contributed by atoms with Crippen LogP contribution in [0, 0.1) is 5.92 Å². The van der Waals surface area contributed by atoms with E-state index in [-0.39, 0.29) is 95.0 Å². The molecule has 0 spiro atoms. The average Bonchev–Trinajstić information content (AvgIpc) is 4.26. The third-order valence-electron chi connectivity index (χ3n) is 13.4. The zero-order chi connectivity index (χ0) is 60.7. The third-order valence-corrected chi connectivity index (χ3v) is 14.0. The van der Waals surface area contributed by atoms with Crippen LogP contribution in [0.5, 0.6) is 5.75 Å². The van der Waals surface area contributed by atoms with Crippen LogP contribution in [0.15, 0.2) is 29.3 Å². The van der Waals surface area contributed by atoms with Crippen molar-refractivity contribution < 1.29 is 73.2 Å². The van der Waals surface area contributed by atoms with Gasteiger partial charge in [0.25, 0.3) is 0 Å². The number of aliphatic carboxylic acids is 1. The monoisotopic (exact) mass is 1160 g/mol. The van der Waals surface area contributed by atoms with Gasteiger partial charge >= 0.3 is 5.97 Å². The number of nitrogens with two attached hydrogens (primary N) is 4. The SMILES string of the molecule is CSCC[C@H](N)C(=O)N[C@@H](CCC(N)=O)C(=O)NCC(=O)N[C@H](C(=O)N[C@@H](Cc1ccc(O)cc1)C(=O)N[C@@H](CCCN=C(N)N)C(=O)N1CCC[C@H]1C(=O)N1CCC[C@H]1C(=O)N[C@H](C(=O)N[C@@H](CC(C)C)C(=O)O)[C@@H](C)O)[C@@H](C)O. The third kappa shape index (κ3) is 22.3. The minimum atomic E-state index is -1.76. The fourth-order valence-electron chi connectivity index (χ4n) is 9.09. The van der Waals surface area contributed by atoms with E-state index in [1.807, 2.05) is 6.26 Å². The van der Waals surface area contributed by atoms with Crippen molar-refractivity contribution in [3.8, 4) is 5.75 Å². The number of thioether (sulfide) groups is 1. The molecule has 0 radical (unpaired) electrons. The van der Waals surface area contributed by atoms with Gasteiger partial charge in [0, 0.05) is 32.5 Å². The highest BCUT2D eigenvalue weighted by atomic mass is 32.2. The molecule has 2 saturated heterocycles. The van der Waals surface area contributed by atoms with Crippen LogP contribution in [0.1, 0.15) is 97.5 Å². The van der Waals surface area contributed by atoms with E-state index in [1.54, 1.807) is 13.8 Å². The minimum Gasteiger partial charge on any atom is -0.508 e. The summed E-state index contributed by atoms with van der Waals surface area (Å²) >= 11 is 1.45. The molecule has 10 amide bonds. The largest absolute Gasteiger partial charge is 0.508 e. The highest BCUT2D eigenvalue weighted by Crippen LogP contribution is 2.27. The molecule has 2 fully saturated rings. The first kappa shape index (κ1) is 68.0. The lowest BCUT2D eigenvalue weighted by molar-refractivity contribution is -0.148. The fraction of sp³-hybridized carbons (Fsp3) is 0.647. The number of phenols is 1. The van der Waals surface area contributed by atoms with Crippen LogP contribution >= 0.6 is 11.8 Å². The topological polar surface area (TPSA) is 476 Å². The van der Waals surface area contributed by atoms with Crippen molar-refractivity contribution >= 4 is 82.8 Å². The van der Waals surface area contributed by atoms with Crippen molar-refractivity contribution in [3.05, 3.63) is 29.8 Å². The van der Waals surface area contributed by atoms with Gasteiger partial charge in [0.15, 0.2) is 5.96 Å². The Bertz CT molecular complexity index is 2390. The number of amides is 10. The smallest absolute Gasteiger partial charge is 0.326 e. The van der Waals surface area contributed by atoms with E-state index in [1.165, 1.54) is 59.7 Å². The van der Waals surface area contributed by atoms with Crippen LogP contribution in [0.3, 0.4) is 0 Å². The standard InChI is InChI=1S/C51H82N14O15S/c1-26(2)23-35(50(79)80)61-47(76)41(28(4)67)63-45(74)36-10-7-20-64(36)49(78)37-11-8-21-65(37)48(77)33(9-6-19-56-51(54)55)59-44(73)34(24-29-12-14-30(68)15-13-29)60-46(75)40(27(3)66)62-39(70)25-57-43(72)32(16-17-38(53)69)58-42(71)31(52)18-22-81-5/h12-15,26-28,31-37,40-41,66-68H,6-11,16-25,52H2,1-5H3,(H2,53,69)(H,57,72)(H,58,71)(H,59,73)(H,60,75)(H,61,76)(H,62,70)(H,63,74)(H,79,80)(H4,54,55,56)/t27-,28-,31+,32+,33+,34+,35+,36+,37+,40+,41+/m1/s1. The van der Waals surface area contributed by atoms with Crippen molar-refractivity contribution in [2.24, 2.45) is 33.8 Å². The second-order valence-corrected chi connectivity index (χ2v) is 21.5. The van der Waals surface area contributed by atoms with Gasteiger partial charge in [0.05, 0.1) is 24.8 Å². The summed E-state index contributed by atoms with van der Waals surface area (Å²) in [6.45, 7) is 5.28. The molecule has 81 heavy (non-hydrogen) atoms. The number of hydrogen-bond acceptors (Lipinski definition) is 17. The van der Waals surface area contributed by atoms with E-state index in [0.717, 1.165) is 0 Å². The lowest BCUT2D eigenvalue weighted by Gasteiger charge is -2.34. The zero-order valence-corrected chi connectivity index (χ0v) is 47.2. The minimum absolute atomic E-state index is 0.00809. The second-order valence-electron chi connectivity index (χ2n) is 20.5.